The molecule has 0 fully saturated rings. The van der Waals surface area contributed by atoms with Gasteiger partial charge in [0.05, 0.1) is 6.07 Å². The molecule has 2 aliphatic rings. The predicted molar refractivity (Wildman–Crippen MR) is 56.0 cm³/mol. The van der Waals surface area contributed by atoms with Crippen LogP contribution in [0.4, 0.5) is 0 Å². The summed E-state index contributed by atoms with van der Waals surface area (Å²) in [5.74, 6) is 0. The van der Waals surface area contributed by atoms with E-state index in [9.17, 15) is 4.79 Å². The summed E-state index contributed by atoms with van der Waals surface area (Å²) in [4.78, 5) is 12.5. The minimum atomic E-state index is -0.141. The van der Waals surface area contributed by atoms with E-state index in [-0.39, 0.29) is 30.5 Å². The summed E-state index contributed by atoms with van der Waals surface area (Å²) in [6.45, 7) is 2.27. The van der Waals surface area contributed by atoms with Crippen LogP contribution in [0.5, 0.6) is 0 Å². The van der Waals surface area contributed by atoms with Gasteiger partial charge in [-0.25, -0.2) is 0 Å². The number of fused-ring (bicyclic) bond motifs is 1. The van der Waals surface area contributed by atoms with Gasteiger partial charge in [-0.05, 0) is 17.9 Å². The molecule has 0 spiro atoms. The molecule has 0 aromatic heterocycles. The molecule has 0 aromatic carbocycles. The molecule has 3 nitrogen and oxygen atoms in total. The largest absolute Gasteiger partial charge is 0.417 e. The van der Waals surface area contributed by atoms with Gasteiger partial charge in [-0.15, -0.1) is 0 Å². The summed E-state index contributed by atoms with van der Waals surface area (Å²) in [5.41, 5.74) is 1.36. The normalized spacial score (nSPS) is 26.1. The van der Waals surface area contributed by atoms with E-state index in [0.29, 0.717) is 5.70 Å². The van der Waals surface area contributed by atoms with Gasteiger partial charge in [0.25, 0.3) is 0 Å². The molecular weight excluding hydrogens is 239 g/mol. The summed E-state index contributed by atoms with van der Waals surface area (Å²) in [5, 5.41) is 8.72. The van der Waals surface area contributed by atoms with Crippen molar-refractivity contribution in [1.82, 2.24) is 4.90 Å². The molecule has 1 aliphatic heterocycles. The molecule has 1 aliphatic carbocycles. The first-order valence-corrected chi connectivity index (χ1v) is 4.84. The molecule has 0 N–H and O–H groups in total. The van der Waals surface area contributed by atoms with Crippen LogP contribution < -0.4 is 0 Å². The molecule has 0 amide bonds. The Balaban J connectivity index is 0.00000128. The minimum absolute atomic E-state index is 0. The Morgan fingerprint density at radius 3 is 3.06 bits per heavy atom. The second-order valence-corrected chi connectivity index (χ2v) is 3.98. The van der Waals surface area contributed by atoms with E-state index < -0.39 is 0 Å². The third-order valence-corrected chi connectivity index (χ3v) is 2.89. The maximum absolute atomic E-state index is 10.8. The van der Waals surface area contributed by atoms with Crippen molar-refractivity contribution in [2.24, 2.45) is 5.41 Å². The molecule has 16 heavy (non-hydrogen) atoms. The summed E-state index contributed by atoms with van der Waals surface area (Å²) in [7, 11) is 0. The molecule has 4 heteroatoms. The Hall–Kier alpha value is -1.24. The zero-order valence-corrected chi connectivity index (χ0v) is 10.4. The zero-order chi connectivity index (χ0) is 10.9. The minimum Gasteiger partial charge on any atom is -0.417 e. The second-order valence-electron chi connectivity index (χ2n) is 3.98. The first kappa shape index (κ1) is 12.8. The average Bonchev–Trinajstić information content (AvgIpc) is 2.52. The second kappa shape index (κ2) is 4.73. The molecule has 0 aromatic rings. The predicted octanol–water partition coefficient (Wildman–Crippen LogP) is 1.67. The van der Waals surface area contributed by atoms with Gasteiger partial charge in [0.1, 0.15) is 6.54 Å². The molecule has 0 saturated heterocycles. The monoisotopic (exact) mass is 250 g/mol. The maximum atomic E-state index is 10.8. The quantitative estimate of drug-likeness (QED) is 0.553. The Morgan fingerprint density at radius 2 is 2.44 bits per heavy atom. The van der Waals surface area contributed by atoms with Crippen LogP contribution in [0.2, 0.25) is 0 Å². The zero-order valence-electron chi connectivity index (χ0n) is 8.97. The molecule has 81 valence electrons. The van der Waals surface area contributed by atoms with E-state index in [0.717, 1.165) is 12.1 Å². The average molecular weight is 250 g/mol. The Bertz CT molecular complexity index is 431. The molecular formula is C12H11N2OV-. The van der Waals surface area contributed by atoms with Crippen molar-refractivity contribution < 1.29 is 23.4 Å². The van der Waals surface area contributed by atoms with E-state index in [1.165, 1.54) is 0 Å². The van der Waals surface area contributed by atoms with Gasteiger partial charge < -0.3 is 9.69 Å². The van der Waals surface area contributed by atoms with Gasteiger partial charge in [0.2, 0.25) is 0 Å². The molecule has 1 heterocycles. The van der Waals surface area contributed by atoms with E-state index in [1.54, 1.807) is 4.90 Å². The molecule has 2 rings (SSSR count). The maximum Gasteiger partial charge on any atom is 0.107 e. The van der Waals surface area contributed by atoms with Crippen LogP contribution in [0.1, 0.15) is 13.3 Å². The third kappa shape index (κ3) is 1.87. The van der Waals surface area contributed by atoms with Crippen molar-refractivity contribution in [3.05, 3.63) is 35.7 Å². The molecule has 1 unspecified atom stereocenters. The summed E-state index contributed by atoms with van der Waals surface area (Å²) in [6, 6.07) is 2.07. The van der Waals surface area contributed by atoms with E-state index in [1.807, 2.05) is 24.5 Å². The number of allylic oxidation sites excluding steroid dienone is 5. The first-order chi connectivity index (χ1) is 7.21. The van der Waals surface area contributed by atoms with Crippen molar-refractivity contribution >= 4 is 6.29 Å². The van der Waals surface area contributed by atoms with Gasteiger partial charge >= 0.3 is 0 Å². The van der Waals surface area contributed by atoms with Crippen LogP contribution in [-0.2, 0) is 23.4 Å². The van der Waals surface area contributed by atoms with Crippen molar-refractivity contribution in [2.45, 2.75) is 13.3 Å². The van der Waals surface area contributed by atoms with Crippen molar-refractivity contribution in [2.75, 3.05) is 6.54 Å². The Morgan fingerprint density at radius 1 is 1.69 bits per heavy atom. The van der Waals surface area contributed by atoms with E-state index >= 15 is 0 Å². The summed E-state index contributed by atoms with van der Waals surface area (Å²) in [6.07, 6.45) is 10.6. The standard InChI is InChI=1S/C12H11N2O.V/c1-12-5-3-2-4-11(12)14(7-6-13)10(8-12)9-15;/h2-4,8H,5,7H2,1H3;/q-1;. The molecule has 0 saturated carbocycles. The molecule has 1 radical (unpaired) electrons. The SMILES string of the molecule is CC12C=C([C-]=O)N(CC#N)C1=CC=CC2.[V]. The van der Waals surface area contributed by atoms with E-state index in [4.69, 9.17) is 5.26 Å². The third-order valence-electron chi connectivity index (χ3n) is 2.89. The van der Waals surface area contributed by atoms with Gasteiger partial charge in [0, 0.05) is 30.5 Å². The van der Waals surface area contributed by atoms with Gasteiger partial charge in [-0.3, -0.25) is 0 Å². The smallest absolute Gasteiger partial charge is 0.107 e. The van der Waals surface area contributed by atoms with Gasteiger partial charge in [-0.2, -0.15) is 11.3 Å². The van der Waals surface area contributed by atoms with Gasteiger partial charge in [0.15, 0.2) is 0 Å². The van der Waals surface area contributed by atoms with Crippen LogP contribution in [0.25, 0.3) is 0 Å². The van der Waals surface area contributed by atoms with Crippen LogP contribution in [0.3, 0.4) is 0 Å². The summed E-state index contributed by atoms with van der Waals surface area (Å²) >= 11 is 0. The van der Waals surface area contributed by atoms with Crippen LogP contribution in [-0.4, -0.2) is 17.7 Å². The number of carbonyl (C=O) groups excluding carboxylic acids is 1. The van der Waals surface area contributed by atoms with Crippen LogP contribution in [0, 0.1) is 16.7 Å². The van der Waals surface area contributed by atoms with Gasteiger partial charge in [-0.1, -0.05) is 24.8 Å². The van der Waals surface area contributed by atoms with Crippen molar-refractivity contribution in [3.63, 3.8) is 0 Å². The van der Waals surface area contributed by atoms with Crippen molar-refractivity contribution in [1.29, 1.82) is 5.26 Å². The van der Waals surface area contributed by atoms with Crippen LogP contribution >= 0.6 is 0 Å². The Kier molecular flexibility index (Phi) is 3.80. The Labute approximate surface area is 107 Å². The fourth-order valence-corrected chi connectivity index (χ4v) is 2.13. The molecule has 1 atom stereocenters. The number of hydrogen-bond acceptors (Lipinski definition) is 3. The number of rotatable bonds is 2. The van der Waals surface area contributed by atoms with Crippen LogP contribution in [0.15, 0.2) is 35.7 Å². The fourth-order valence-electron chi connectivity index (χ4n) is 2.13. The number of nitrogens with zero attached hydrogens (tertiary/aromatic N) is 2. The number of hydrogen-bond donors (Lipinski definition) is 0. The fraction of sp³-hybridized carbons (Fsp3) is 0.333. The first-order valence-electron chi connectivity index (χ1n) is 4.84. The topological polar surface area (TPSA) is 44.1 Å². The summed E-state index contributed by atoms with van der Waals surface area (Å²) < 4.78 is 0. The van der Waals surface area contributed by atoms with E-state index in [2.05, 4.69) is 19.1 Å². The number of nitriles is 1. The molecule has 0 bridgehead atoms. The van der Waals surface area contributed by atoms with Crippen molar-refractivity contribution in [3.8, 4) is 6.07 Å².